The van der Waals surface area contributed by atoms with E-state index in [4.69, 9.17) is 4.74 Å². The Kier molecular flexibility index (Phi) is 9.02. The normalized spacial score (nSPS) is 14.6. The first-order chi connectivity index (χ1) is 22.6. The predicted molar refractivity (Wildman–Crippen MR) is 179 cm³/mol. The second-order valence-corrected chi connectivity index (χ2v) is 11.8. The summed E-state index contributed by atoms with van der Waals surface area (Å²) in [7, 11) is 0. The number of Topliss-reactive ketones (excluding diaryl/α,β-unsaturated/α-hetero) is 1. The van der Waals surface area contributed by atoms with E-state index in [-0.39, 0.29) is 12.0 Å². The number of anilines is 1. The van der Waals surface area contributed by atoms with E-state index in [0.29, 0.717) is 30.0 Å². The number of ketones is 1. The lowest BCUT2D eigenvalue weighted by Crippen LogP contribution is -2.33. The van der Waals surface area contributed by atoms with Crippen molar-refractivity contribution in [2.45, 2.75) is 39.2 Å². The van der Waals surface area contributed by atoms with Crippen molar-refractivity contribution in [3.8, 4) is 16.9 Å². The number of halogens is 2. The Morgan fingerprint density at radius 2 is 1.60 bits per heavy atom. The number of hydrogen-bond acceptors (Lipinski definition) is 5. The van der Waals surface area contributed by atoms with Crippen LogP contribution in [0.1, 0.15) is 41.7 Å². The van der Waals surface area contributed by atoms with Gasteiger partial charge in [0.25, 0.3) is 11.8 Å². The van der Waals surface area contributed by atoms with Gasteiger partial charge in [0.1, 0.15) is 18.3 Å². The third kappa shape index (κ3) is 7.49. The first kappa shape index (κ1) is 31.5. The van der Waals surface area contributed by atoms with Gasteiger partial charge in [-0.25, -0.2) is 8.78 Å². The predicted octanol–water partition coefficient (Wildman–Crippen LogP) is 8.18. The Balaban J connectivity index is 1.23. The molecule has 236 valence electrons. The SMILES string of the molecule is CC1=NN(c2cc(Cc3ccc(OCc4ccccc4)cc3)cc(-c3cccnc3)c2)C(=O)C1C(=O)Cc1cccc(C(C)(F)F)c1. The standard InChI is InChI=1S/C39H33F2N3O3/c1-26-37(36(45)22-29-10-6-12-33(20-29)39(2,40)41)38(46)44(43-26)34-21-30(19-32(23-34)31-11-7-17-42-24-31)18-27-13-15-35(16-14-27)47-25-28-8-4-3-5-9-28/h3-17,19-21,23-24,37H,18,22,25H2,1-2H3. The summed E-state index contributed by atoms with van der Waals surface area (Å²) in [6.07, 6.45) is 3.86. The van der Waals surface area contributed by atoms with Gasteiger partial charge < -0.3 is 4.74 Å². The van der Waals surface area contributed by atoms with Gasteiger partial charge in [0.2, 0.25) is 0 Å². The molecule has 1 aromatic heterocycles. The van der Waals surface area contributed by atoms with Crippen molar-refractivity contribution in [3.63, 3.8) is 0 Å². The summed E-state index contributed by atoms with van der Waals surface area (Å²) >= 11 is 0. The molecule has 1 aliphatic rings. The zero-order chi connectivity index (χ0) is 33.0. The molecule has 0 aliphatic carbocycles. The molecule has 4 aromatic carbocycles. The number of amides is 1. The highest BCUT2D eigenvalue weighted by Crippen LogP contribution is 2.33. The van der Waals surface area contributed by atoms with E-state index in [1.807, 2.05) is 78.9 Å². The van der Waals surface area contributed by atoms with Gasteiger partial charge in [-0.1, -0.05) is 72.8 Å². The molecule has 1 unspecified atom stereocenters. The highest BCUT2D eigenvalue weighted by molar-refractivity contribution is 6.27. The Morgan fingerprint density at radius 3 is 2.32 bits per heavy atom. The molecule has 0 fully saturated rings. The van der Waals surface area contributed by atoms with Gasteiger partial charge in [0.05, 0.1) is 11.4 Å². The van der Waals surface area contributed by atoms with Gasteiger partial charge in [-0.3, -0.25) is 14.6 Å². The van der Waals surface area contributed by atoms with Crippen LogP contribution in [0.5, 0.6) is 5.75 Å². The van der Waals surface area contributed by atoms with Crippen molar-refractivity contribution in [1.29, 1.82) is 0 Å². The van der Waals surface area contributed by atoms with Gasteiger partial charge in [-0.15, -0.1) is 0 Å². The van der Waals surface area contributed by atoms with Crippen LogP contribution in [0, 0.1) is 5.92 Å². The quantitative estimate of drug-likeness (QED) is 0.138. The lowest BCUT2D eigenvalue weighted by Gasteiger charge is -2.17. The molecular formula is C39H33F2N3O3. The molecule has 0 saturated carbocycles. The third-order valence-corrected chi connectivity index (χ3v) is 8.06. The molecule has 6 rings (SSSR count). The number of benzene rings is 4. The first-order valence-corrected chi connectivity index (χ1v) is 15.3. The van der Waals surface area contributed by atoms with Crippen LogP contribution in [-0.2, 0) is 35.0 Å². The summed E-state index contributed by atoms with van der Waals surface area (Å²) in [6.45, 7) is 2.93. The fraction of sp³-hybridized carbons (Fsp3) is 0.179. The fourth-order valence-corrected chi connectivity index (χ4v) is 5.66. The van der Waals surface area contributed by atoms with Crippen molar-refractivity contribution in [3.05, 3.63) is 149 Å². The zero-order valence-corrected chi connectivity index (χ0v) is 26.1. The molecule has 0 radical (unpaired) electrons. The molecule has 1 amide bonds. The van der Waals surface area contributed by atoms with E-state index in [9.17, 15) is 18.4 Å². The molecule has 0 N–H and O–H groups in total. The van der Waals surface area contributed by atoms with Gasteiger partial charge in [0.15, 0.2) is 5.78 Å². The summed E-state index contributed by atoms with van der Waals surface area (Å²) in [4.78, 5) is 31.4. The average Bonchev–Trinajstić information content (AvgIpc) is 3.38. The van der Waals surface area contributed by atoms with Crippen LogP contribution in [-0.4, -0.2) is 22.4 Å². The second kappa shape index (κ2) is 13.5. The number of carbonyl (C=O) groups is 2. The minimum Gasteiger partial charge on any atom is -0.489 e. The lowest BCUT2D eigenvalue weighted by atomic mass is 9.93. The summed E-state index contributed by atoms with van der Waals surface area (Å²) in [5.74, 6) is -4.24. The molecule has 0 spiro atoms. The van der Waals surface area contributed by atoms with Gasteiger partial charge in [-0.05, 0) is 77.6 Å². The summed E-state index contributed by atoms with van der Waals surface area (Å²) < 4.78 is 33.7. The third-order valence-electron chi connectivity index (χ3n) is 8.06. The highest BCUT2D eigenvalue weighted by Gasteiger charge is 2.39. The largest absolute Gasteiger partial charge is 0.489 e. The number of rotatable bonds is 11. The maximum atomic E-state index is 13.9. The zero-order valence-electron chi connectivity index (χ0n) is 26.1. The van der Waals surface area contributed by atoms with Crippen LogP contribution in [0.15, 0.2) is 127 Å². The van der Waals surface area contributed by atoms with Crippen LogP contribution in [0.2, 0.25) is 0 Å². The molecule has 47 heavy (non-hydrogen) atoms. The first-order valence-electron chi connectivity index (χ1n) is 15.3. The molecule has 0 bridgehead atoms. The number of aromatic nitrogens is 1. The van der Waals surface area contributed by atoms with Crippen molar-refractivity contribution in [2.24, 2.45) is 11.0 Å². The van der Waals surface area contributed by atoms with Crippen LogP contribution < -0.4 is 9.75 Å². The number of nitrogens with zero attached hydrogens (tertiary/aromatic N) is 3. The van der Waals surface area contributed by atoms with Crippen molar-refractivity contribution in [1.82, 2.24) is 4.98 Å². The molecule has 8 heteroatoms. The lowest BCUT2D eigenvalue weighted by molar-refractivity contribution is -0.128. The number of carbonyl (C=O) groups excluding carboxylic acids is 2. The second-order valence-electron chi connectivity index (χ2n) is 11.8. The molecule has 6 nitrogen and oxygen atoms in total. The van der Waals surface area contributed by atoms with E-state index in [0.717, 1.165) is 40.5 Å². The van der Waals surface area contributed by atoms with Crippen LogP contribution in [0.3, 0.4) is 0 Å². The number of hydrazone groups is 1. The minimum atomic E-state index is -3.04. The fourth-order valence-electron chi connectivity index (χ4n) is 5.66. The maximum Gasteiger partial charge on any atom is 0.270 e. The summed E-state index contributed by atoms with van der Waals surface area (Å²) in [5, 5.41) is 5.78. The average molecular weight is 630 g/mol. The van der Waals surface area contributed by atoms with E-state index in [1.165, 1.54) is 23.2 Å². The molecule has 1 aliphatic heterocycles. The molecule has 5 aromatic rings. The molecule has 0 saturated heterocycles. The van der Waals surface area contributed by atoms with E-state index >= 15 is 0 Å². The van der Waals surface area contributed by atoms with Crippen molar-refractivity contribution in [2.75, 3.05) is 5.01 Å². The van der Waals surface area contributed by atoms with Crippen LogP contribution >= 0.6 is 0 Å². The number of ether oxygens (including phenoxy) is 1. The van der Waals surface area contributed by atoms with Crippen molar-refractivity contribution < 1.29 is 23.1 Å². The maximum absolute atomic E-state index is 13.9. The monoisotopic (exact) mass is 629 g/mol. The number of alkyl halides is 2. The highest BCUT2D eigenvalue weighted by atomic mass is 19.3. The Labute approximate surface area is 272 Å². The number of hydrogen-bond donors (Lipinski definition) is 0. The van der Waals surface area contributed by atoms with Gasteiger partial charge >= 0.3 is 0 Å². The van der Waals surface area contributed by atoms with Gasteiger partial charge in [-0.2, -0.15) is 10.1 Å². The Morgan fingerprint density at radius 1 is 0.830 bits per heavy atom. The van der Waals surface area contributed by atoms with Crippen LogP contribution in [0.4, 0.5) is 14.5 Å². The van der Waals surface area contributed by atoms with Crippen molar-refractivity contribution >= 4 is 23.1 Å². The topological polar surface area (TPSA) is 71.9 Å². The van der Waals surface area contributed by atoms with E-state index in [1.54, 1.807) is 25.4 Å². The molecule has 2 heterocycles. The van der Waals surface area contributed by atoms with Gasteiger partial charge in [0, 0.05) is 36.9 Å². The number of pyridine rings is 1. The van der Waals surface area contributed by atoms with E-state index in [2.05, 4.69) is 16.2 Å². The molecule has 1 atom stereocenters. The molecular weight excluding hydrogens is 596 g/mol. The Bertz CT molecular complexity index is 1920. The summed E-state index contributed by atoms with van der Waals surface area (Å²) in [5.41, 5.74) is 5.91. The van der Waals surface area contributed by atoms with Crippen LogP contribution in [0.25, 0.3) is 11.1 Å². The smallest absolute Gasteiger partial charge is 0.270 e. The minimum absolute atomic E-state index is 0.160. The Hall–Kier alpha value is -5.50. The van der Waals surface area contributed by atoms with E-state index < -0.39 is 23.5 Å². The summed E-state index contributed by atoms with van der Waals surface area (Å²) in [6, 6.07) is 33.2.